The van der Waals surface area contributed by atoms with Crippen LogP contribution in [0.4, 0.5) is 0 Å². The second-order valence-corrected chi connectivity index (χ2v) is 10.6. The van der Waals surface area contributed by atoms with Crippen LogP contribution >= 0.6 is 0 Å². The fourth-order valence-corrected chi connectivity index (χ4v) is 5.75. The Kier molecular flexibility index (Phi) is 13.3. The largest absolute Gasteiger partial charge is 0.497 e. The quantitative estimate of drug-likeness (QED) is 0.101. The van der Waals surface area contributed by atoms with Crippen molar-refractivity contribution in [1.29, 1.82) is 0 Å². The lowest BCUT2D eigenvalue weighted by Gasteiger charge is -2.43. The molecule has 1 aromatic heterocycles. The predicted molar refractivity (Wildman–Crippen MR) is 174 cm³/mol. The molecular formula is C36H48BNO3. The Hall–Kier alpha value is -3.73. The summed E-state index contributed by atoms with van der Waals surface area (Å²) >= 11 is 0. The van der Waals surface area contributed by atoms with E-state index in [1.54, 1.807) is 21.3 Å². The lowest BCUT2D eigenvalue weighted by atomic mass is 9.14. The molecule has 0 atom stereocenters. The molecule has 0 radical (unpaired) electrons. The third-order valence-corrected chi connectivity index (χ3v) is 8.19. The highest BCUT2D eigenvalue weighted by atomic mass is 16.5. The zero-order valence-corrected chi connectivity index (χ0v) is 25.7. The number of hydrogen-bond acceptors (Lipinski definition) is 3. The Balaban J connectivity index is 0.000000496. The van der Waals surface area contributed by atoms with Crippen molar-refractivity contribution < 1.29 is 18.8 Å². The van der Waals surface area contributed by atoms with Gasteiger partial charge in [-0.25, -0.2) is 4.57 Å². The topological polar surface area (TPSA) is 31.6 Å². The zero-order chi connectivity index (χ0) is 29.3. The van der Waals surface area contributed by atoms with E-state index in [1.807, 2.05) is 18.2 Å². The molecule has 0 aliphatic rings. The number of aryl methyl sites for hydroxylation is 1. The van der Waals surface area contributed by atoms with Gasteiger partial charge in [0.25, 0.3) is 0 Å². The lowest BCUT2D eigenvalue weighted by molar-refractivity contribution is -0.693. The van der Waals surface area contributed by atoms with Crippen molar-refractivity contribution in [3.63, 3.8) is 0 Å². The molecule has 0 bridgehead atoms. The Morgan fingerprint density at radius 3 is 1.24 bits per heavy atom. The molecule has 0 saturated heterocycles. The Morgan fingerprint density at radius 2 is 0.902 bits per heavy atom. The number of rotatable bonds is 14. The van der Waals surface area contributed by atoms with Crippen LogP contribution in [-0.4, -0.2) is 27.5 Å². The van der Waals surface area contributed by atoms with Crippen molar-refractivity contribution in [3.05, 3.63) is 103 Å². The predicted octanol–water partition coefficient (Wildman–Crippen LogP) is 6.54. The lowest BCUT2D eigenvalue weighted by Crippen LogP contribution is -2.66. The SMILES string of the molecule is CCCCCCCC[B-](c1ccc(OC)cc1)(c1ccc(OC)cc1)c1ccc(OC)cc1.CC[n+]1ccccc1. The highest BCUT2D eigenvalue weighted by molar-refractivity contribution is 7.11. The molecule has 0 amide bonds. The van der Waals surface area contributed by atoms with Crippen LogP contribution in [-0.2, 0) is 6.54 Å². The van der Waals surface area contributed by atoms with E-state index in [2.05, 4.69) is 104 Å². The smallest absolute Gasteiger partial charge is 0.168 e. The molecule has 0 spiro atoms. The van der Waals surface area contributed by atoms with Crippen LogP contribution in [0.5, 0.6) is 17.2 Å². The van der Waals surface area contributed by atoms with Gasteiger partial charge in [0.1, 0.15) is 23.8 Å². The van der Waals surface area contributed by atoms with Gasteiger partial charge in [-0.1, -0.05) is 87.9 Å². The number of aromatic nitrogens is 1. The van der Waals surface area contributed by atoms with E-state index in [1.165, 1.54) is 54.9 Å². The number of benzene rings is 3. The number of nitrogens with zero attached hydrogens (tertiary/aromatic N) is 1. The minimum atomic E-state index is -1.17. The number of pyridine rings is 1. The first-order chi connectivity index (χ1) is 20.1. The summed E-state index contributed by atoms with van der Waals surface area (Å²) in [5, 5.41) is 0. The van der Waals surface area contributed by atoms with Gasteiger partial charge in [-0.3, -0.25) is 0 Å². The maximum absolute atomic E-state index is 5.46. The maximum atomic E-state index is 5.46. The first kappa shape index (κ1) is 31.8. The summed E-state index contributed by atoms with van der Waals surface area (Å²) < 4.78 is 18.5. The zero-order valence-electron chi connectivity index (χ0n) is 25.7. The number of unbranched alkanes of at least 4 members (excludes halogenated alkanes) is 5. The molecule has 5 heteroatoms. The summed E-state index contributed by atoms with van der Waals surface area (Å²) in [5.41, 5.74) is 4.00. The van der Waals surface area contributed by atoms with Gasteiger partial charge in [-0.15, -0.1) is 0 Å². The minimum absolute atomic E-state index is 0.882. The van der Waals surface area contributed by atoms with Gasteiger partial charge in [0, 0.05) is 12.1 Å². The molecule has 0 N–H and O–H groups in total. The van der Waals surface area contributed by atoms with Crippen molar-refractivity contribution in [3.8, 4) is 17.2 Å². The molecule has 0 unspecified atom stereocenters. The molecular weight excluding hydrogens is 505 g/mol. The van der Waals surface area contributed by atoms with Crippen LogP contribution in [0.15, 0.2) is 103 Å². The normalized spacial score (nSPS) is 10.9. The summed E-state index contributed by atoms with van der Waals surface area (Å²) in [6.45, 7) is 5.45. The minimum Gasteiger partial charge on any atom is -0.497 e. The van der Waals surface area contributed by atoms with Crippen molar-refractivity contribution in [2.45, 2.75) is 65.2 Å². The van der Waals surface area contributed by atoms with Gasteiger partial charge in [0.15, 0.2) is 12.4 Å². The van der Waals surface area contributed by atoms with E-state index < -0.39 is 6.15 Å². The summed E-state index contributed by atoms with van der Waals surface area (Å²) in [6.07, 6.45) is 11.7. The molecule has 4 aromatic rings. The van der Waals surface area contributed by atoms with Crippen LogP contribution in [0, 0.1) is 0 Å². The van der Waals surface area contributed by atoms with Crippen LogP contribution in [0.3, 0.4) is 0 Å². The Morgan fingerprint density at radius 1 is 0.512 bits per heavy atom. The molecule has 0 saturated carbocycles. The Bertz CT molecular complexity index is 1130. The summed E-state index contributed by atoms with van der Waals surface area (Å²) in [5.74, 6) is 2.65. The average molecular weight is 554 g/mol. The van der Waals surface area contributed by atoms with Gasteiger partial charge in [0.2, 0.25) is 0 Å². The standard InChI is InChI=1S/C29H38BO3.C7H10N/c1-5-6-7-8-9-10-23-30(24-11-17-27(31-2)18-12-24,25-13-19-28(32-3)20-14-25)26-15-21-29(33-4)22-16-26;1-2-8-6-4-3-5-7-8/h11-22H,5-10,23H2,1-4H3;3-7H,2H2,1H3/q-1;+1. The summed E-state index contributed by atoms with van der Waals surface area (Å²) in [6, 6.07) is 32.0. The van der Waals surface area contributed by atoms with E-state index in [-0.39, 0.29) is 0 Å². The number of hydrogen-bond donors (Lipinski definition) is 0. The fourth-order valence-electron chi connectivity index (χ4n) is 5.75. The van der Waals surface area contributed by atoms with Gasteiger partial charge in [0.05, 0.1) is 27.5 Å². The maximum Gasteiger partial charge on any atom is 0.168 e. The van der Waals surface area contributed by atoms with E-state index in [4.69, 9.17) is 14.2 Å². The van der Waals surface area contributed by atoms with Crippen molar-refractivity contribution in [2.24, 2.45) is 0 Å². The van der Waals surface area contributed by atoms with Crippen molar-refractivity contribution in [2.75, 3.05) is 21.3 Å². The molecule has 3 aromatic carbocycles. The van der Waals surface area contributed by atoms with Crippen molar-refractivity contribution >= 4 is 22.5 Å². The molecule has 4 nitrogen and oxygen atoms in total. The van der Waals surface area contributed by atoms with Gasteiger partial charge < -0.3 is 14.2 Å². The second-order valence-electron chi connectivity index (χ2n) is 10.6. The van der Waals surface area contributed by atoms with Gasteiger partial charge in [-0.05, 0) is 43.3 Å². The van der Waals surface area contributed by atoms with Gasteiger partial charge >= 0.3 is 0 Å². The molecule has 0 aliphatic carbocycles. The number of ether oxygens (including phenoxy) is 3. The van der Waals surface area contributed by atoms with E-state index in [0.29, 0.717) is 0 Å². The van der Waals surface area contributed by atoms with Gasteiger partial charge in [-0.2, -0.15) is 22.7 Å². The monoisotopic (exact) mass is 553 g/mol. The fraction of sp³-hybridized carbons (Fsp3) is 0.361. The van der Waals surface area contributed by atoms with Crippen LogP contribution in [0.25, 0.3) is 0 Å². The molecule has 1 heterocycles. The average Bonchev–Trinajstić information content (AvgIpc) is 3.05. The second kappa shape index (κ2) is 17.2. The third-order valence-electron chi connectivity index (χ3n) is 8.19. The molecule has 41 heavy (non-hydrogen) atoms. The highest BCUT2D eigenvalue weighted by Crippen LogP contribution is 2.22. The van der Waals surface area contributed by atoms with Crippen molar-refractivity contribution in [1.82, 2.24) is 0 Å². The molecule has 4 rings (SSSR count). The summed E-state index contributed by atoms with van der Waals surface area (Å²) in [4.78, 5) is 0. The summed E-state index contributed by atoms with van der Waals surface area (Å²) in [7, 11) is 5.16. The molecule has 218 valence electrons. The third kappa shape index (κ3) is 8.88. The first-order valence-corrected chi connectivity index (χ1v) is 15.2. The highest BCUT2D eigenvalue weighted by Gasteiger charge is 2.29. The van der Waals surface area contributed by atoms with Crippen LogP contribution in [0.2, 0.25) is 6.32 Å². The number of methoxy groups -OCH3 is 3. The molecule has 0 aliphatic heterocycles. The van der Waals surface area contributed by atoms with Crippen LogP contribution in [0.1, 0.15) is 52.4 Å². The van der Waals surface area contributed by atoms with Crippen LogP contribution < -0.4 is 35.2 Å². The Labute approximate surface area is 248 Å². The van der Waals surface area contributed by atoms with E-state index in [9.17, 15) is 0 Å². The van der Waals surface area contributed by atoms with E-state index >= 15 is 0 Å². The first-order valence-electron chi connectivity index (χ1n) is 15.2. The van der Waals surface area contributed by atoms with E-state index in [0.717, 1.165) is 30.1 Å². The molecule has 0 fully saturated rings.